The van der Waals surface area contributed by atoms with E-state index in [1.807, 2.05) is 36.4 Å². The van der Waals surface area contributed by atoms with Crippen LogP contribution in [0, 0.1) is 11.8 Å². The van der Waals surface area contributed by atoms with Crippen LogP contribution in [-0.4, -0.2) is 38.3 Å². The van der Waals surface area contributed by atoms with Crippen LogP contribution in [0.2, 0.25) is 4.34 Å². The van der Waals surface area contributed by atoms with Crippen LogP contribution >= 0.6 is 22.9 Å². The highest BCUT2D eigenvalue weighted by molar-refractivity contribution is 7.16. The molecule has 0 unspecified atom stereocenters. The Morgan fingerprint density at radius 1 is 1.00 bits per heavy atom. The molecule has 10 nitrogen and oxygen atoms in total. The number of benzene rings is 2. The number of anilines is 1. The summed E-state index contributed by atoms with van der Waals surface area (Å²) < 4.78 is 13.5. The zero-order valence-corrected chi connectivity index (χ0v) is 25.8. The quantitative estimate of drug-likeness (QED) is 0.149. The maximum absolute atomic E-state index is 14.1. The maximum atomic E-state index is 14.1. The van der Waals surface area contributed by atoms with Gasteiger partial charge in [0.25, 0.3) is 11.5 Å². The van der Waals surface area contributed by atoms with Gasteiger partial charge in [0.1, 0.15) is 17.3 Å². The number of halogens is 1. The van der Waals surface area contributed by atoms with Crippen molar-refractivity contribution in [2.24, 2.45) is 0 Å². The number of para-hydroxylation sites is 1. The van der Waals surface area contributed by atoms with Crippen molar-refractivity contribution in [3.05, 3.63) is 139 Å². The topological polar surface area (TPSA) is 121 Å². The smallest absolute Gasteiger partial charge is 0.283 e. The Hall–Kier alpha value is -5.70. The number of rotatable bonds is 9. The van der Waals surface area contributed by atoms with Crippen LogP contribution in [0.25, 0.3) is 11.3 Å². The fourth-order valence-electron chi connectivity index (χ4n) is 4.63. The second-order valence-corrected chi connectivity index (χ2v) is 11.6. The van der Waals surface area contributed by atoms with Gasteiger partial charge in [-0.15, -0.1) is 11.3 Å². The molecular weight excluding hydrogens is 626 g/mol. The number of carbonyl (C=O) groups excluding carboxylic acids is 2. The molecular formula is C34H24ClN5O5S. The molecule has 0 bridgehead atoms. The van der Waals surface area contributed by atoms with Crippen LogP contribution < -0.4 is 15.6 Å². The fraction of sp³-hybridized carbons (Fsp3) is 0.0882. The van der Waals surface area contributed by atoms with Gasteiger partial charge in [-0.3, -0.25) is 19.0 Å². The molecule has 0 amide bonds. The average molecular weight is 650 g/mol. The van der Waals surface area contributed by atoms with E-state index in [9.17, 15) is 14.4 Å². The van der Waals surface area contributed by atoms with Crippen LogP contribution in [0.3, 0.4) is 0 Å². The van der Waals surface area contributed by atoms with Crippen LogP contribution in [0.1, 0.15) is 37.0 Å². The number of thiophene rings is 1. The molecule has 1 N–H and O–H groups in total. The number of nitrogens with one attached hydrogen (secondary N) is 1. The van der Waals surface area contributed by atoms with Crippen LogP contribution in [0.5, 0.6) is 5.75 Å². The molecule has 0 aliphatic carbocycles. The zero-order chi connectivity index (χ0) is 32.0. The van der Waals surface area contributed by atoms with Gasteiger partial charge in [0.15, 0.2) is 0 Å². The molecule has 0 atom stereocenters. The van der Waals surface area contributed by atoms with Gasteiger partial charge in [-0.2, -0.15) is 9.78 Å². The molecule has 0 fully saturated rings. The van der Waals surface area contributed by atoms with Gasteiger partial charge >= 0.3 is 0 Å². The van der Waals surface area contributed by atoms with Crippen LogP contribution in [0.15, 0.2) is 107 Å². The lowest BCUT2D eigenvalue weighted by Crippen LogP contribution is -2.27. The number of hydrogen-bond acceptors (Lipinski definition) is 9. The molecule has 0 aliphatic rings. The monoisotopic (exact) mass is 649 g/mol. The first-order valence-electron chi connectivity index (χ1n) is 13.9. The van der Waals surface area contributed by atoms with Gasteiger partial charge in [0.05, 0.1) is 47.6 Å². The van der Waals surface area contributed by atoms with E-state index in [1.165, 1.54) is 40.0 Å². The van der Waals surface area contributed by atoms with Crippen molar-refractivity contribution < 1.29 is 18.8 Å². The number of nitrogens with zero attached hydrogens (tertiary/aromatic N) is 4. The minimum atomic E-state index is -0.529. The van der Waals surface area contributed by atoms with Gasteiger partial charge in [0.2, 0.25) is 11.5 Å². The van der Waals surface area contributed by atoms with E-state index in [-0.39, 0.29) is 29.1 Å². The standard InChI is InChI=1S/C34H24ClN5O5S/c1-44-29-10-6-5-9-26(29)34(43)40-32(36-20-24-14-16-31(35)46-24)19-27(38-40)25-15-13-23(12-11-22-7-3-2-4-8-22)39(33(25)42)21-28(41)30-17-18-37-45-30/h2-10,13-19,36H,20-21H2,1H3. The molecule has 0 saturated carbocycles. The molecule has 0 saturated heterocycles. The third-order valence-electron chi connectivity index (χ3n) is 6.88. The van der Waals surface area contributed by atoms with Crippen molar-refractivity contribution in [1.29, 1.82) is 0 Å². The third kappa shape index (κ3) is 6.53. The summed E-state index contributed by atoms with van der Waals surface area (Å²) in [7, 11) is 1.48. The number of hydrogen-bond donors (Lipinski definition) is 1. The molecule has 0 aliphatic heterocycles. The number of aromatic nitrogens is 4. The first-order valence-corrected chi connectivity index (χ1v) is 15.1. The summed E-state index contributed by atoms with van der Waals surface area (Å²) in [6, 6.07) is 26.0. The second kappa shape index (κ2) is 13.5. The average Bonchev–Trinajstić information content (AvgIpc) is 3.86. The van der Waals surface area contributed by atoms with Crippen LogP contribution in [0.4, 0.5) is 5.82 Å². The minimum absolute atomic E-state index is 0.00567. The molecule has 4 aromatic heterocycles. The highest BCUT2D eigenvalue weighted by atomic mass is 35.5. The van der Waals surface area contributed by atoms with E-state index >= 15 is 0 Å². The Labute approximate surface area is 271 Å². The molecule has 46 heavy (non-hydrogen) atoms. The first kappa shape index (κ1) is 30.3. The largest absolute Gasteiger partial charge is 0.496 e. The molecule has 228 valence electrons. The number of pyridine rings is 1. The molecule has 4 heterocycles. The van der Waals surface area contributed by atoms with Crippen molar-refractivity contribution in [3.63, 3.8) is 0 Å². The number of methoxy groups -OCH3 is 1. The Kier molecular flexibility index (Phi) is 8.91. The Morgan fingerprint density at radius 3 is 2.54 bits per heavy atom. The lowest BCUT2D eigenvalue weighted by atomic mass is 10.1. The van der Waals surface area contributed by atoms with Crippen molar-refractivity contribution in [2.75, 3.05) is 12.4 Å². The highest BCUT2D eigenvalue weighted by Crippen LogP contribution is 2.27. The second-order valence-electron chi connectivity index (χ2n) is 9.83. The number of carbonyl (C=O) groups is 2. The van der Waals surface area contributed by atoms with Gasteiger partial charge in [-0.25, -0.2) is 0 Å². The van der Waals surface area contributed by atoms with Crippen molar-refractivity contribution in [1.82, 2.24) is 19.5 Å². The Morgan fingerprint density at radius 2 is 1.80 bits per heavy atom. The first-order chi connectivity index (χ1) is 22.4. The predicted molar refractivity (Wildman–Crippen MR) is 175 cm³/mol. The fourth-order valence-corrected chi connectivity index (χ4v) is 5.66. The molecule has 0 radical (unpaired) electrons. The zero-order valence-electron chi connectivity index (χ0n) is 24.3. The summed E-state index contributed by atoms with van der Waals surface area (Å²) in [5.74, 6) is 5.82. The van der Waals surface area contributed by atoms with Crippen LogP contribution in [-0.2, 0) is 13.1 Å². The summed E-state index contributed by atoms with van der Waals surface area (Å²) in [5.41, 5.74) is 1.17. The van der Waals surface area contributed by atoms with Crippen molar-refractivity contribution in [2.45, 2.75) is 13.1 Å². The van der Waals surface area contributed by atoms with E-state index in [4.69, 9.17) is 20.9 Å². The highest BCUT2D eigenvalue weighted by Gasteiger charge is 2.23. The number of ether oxygens (including phenoxy) is 1. The summed E-state index contributed by atoms with van der Waals surface area (Å²) in [6.45, 7) is -0.00256. The van der Waals surface area contributed by atoms with Crippen molar-refractivity contribution >= 4 is 40.4 Å². The molecule has 0 spiro atoms. The van der Waals surface area contributed by atoms with Gasteiger partial charge in [0, 0.05) is 22.6 Å². The lowest BCUT2D eigenvalue weighted by Gasteiger charge is -2.10. The molecule has 2 aromatic carbocycles. The number of Topliss-reactive ketones (excluding diaryl/α,β-unsaturated/α-hetero) is 1. The summed E-state index contributed by atoms with van der Waals surface area (Å²) >= 11 is 7.52. The normalized spacial score (nSPS) is 10.7. The third-order valence-corrected chi connectivity index (χ3v) is 8.12. The SMILES string of the molecule is COc1ccccc1C(=O)n1nc(-c2ccc(C#Cc3ccccc3)n(CC(=O)c3ccno3)c2=O)cc1NCc1ccc(Cl)s1. The predicted octanol–water partition coefficient (Wildman–Crippen LogP) is 6.01. The number of ketones is 1. The Bertz CT molecular complexity index is 2160. The summed E-state index contributed by atoms with van der Waals surface area (Å²) in [5, 5.41) is 11.4. The van der Waals surface area contributed by atoms with E-state index in [1.54, 1.807) is 48.5 Å². The maximum Gasteiger partial charge on any atom is 0.283 e. The minimum Gasteiger partial charge on any atom is -0.496 e. The molecule has 6 rings (SSSR count). The van der Waals surface area contributed by atoms with E-state index < -0.39 is 17.2 Å². The van der Waals surface area contributed by atoms with Gasteiger partial charge in [-0.05, 0) is 54.5 Å². The van der Waals surface area contributed by atoms with E-state index in [0.717, 1.165) is 10.4 Å². The van der Waals surface area contributed by atoms with Gasteiger partial charge in [-0.1, -0.05) is 53.0 Å². The molecule has 12 heteroatoms. The van der Waals surface area contributed by atoms with E-state index in [0.29, 0.717) is 28.1 Å². The Balaban J connectivity index is 1.44. The van der Waals surface area contributed by atoms with E-state index in [2.05, 4.69) is 27.4 Å². The summed E-state index contributed by atoms with van der Waals surface area (Å²) in [4.78, 5) is 41.8. The lowest BCUT2D eigenvalue weighted by molar-refractivity contribution is 0.0930. The summed E-state index contributed by atoms with van der Waals surface area (Å²) in [6.07, 6.45) is 1.35. The van der Waals surface area contributed by atoms with Crippen molar-refractivity contribution in [3.8, 4) is 28.8 Å². The molecule has 6 aromatic rings. The van der Waals surface area contributed by atoms with Gasteiger partial charge < -0.3 is 14.6 Å².